The largest absolute Gasteiger partial charge is 0.481 e. The van der Waals surface area contributed by atoms with Crippen LogP contribution in [0.4, 0.5) is 4.79 Å². The number of carbonyl (C=O) groups excluding carboxylic acids is 1. The van der Waals surface area contributed by atoms with Gasteiger partial charge in [0.15, 0.2) is 0 Å². The van der Waals surface area contributed by atoms with Gasteiger partial charge in [0.2, 0.25) is 10.0 Å². The van der Waals surface area contributed by atoms with Gasteiger partial charge in [0, 0.05) is 19.1 Å². The molecule has 1 heterocycles. The second-order valence-corrected chi connectivity index (χ2v) is 6.43. The highest BCUT2D eigenvalue weighted by atomic mass is 32.2. The molecule has 110 valence electrons. The molecular weight excluding hydrogens is 274 g/mol. The molecule has 0 saturated carbocycles. The molecule has 1 saturated heterocycles. The van der Waals surface area contributed by atoms with Gasteiger partial charge in [-0.25, -0.2) is 18.4 Å². The summed E-state index contributed by atoms with van der Waals surface area (Å²) in [5.74, 6) is -1.59. The molecule has 0 aliphatic carbocycles. The Labute approximate surface area is 112 Å². The standard InChI is InChI=1S/C10H19N3O5S/c1-7-6-8(9(14)15)2-4-13(7)10(16)12-3-5-19(11,17)18/h7-8H,2-6H2,1H3,(H,12,16)(H,14,15)(H2,11,17,18). The van der Waals surface area contributed by atoms with Crippen LogP contribution in [-0.4, -0.2) is 55.3 Å². The molecule has 1 aliphatic heterocycles. The van der Waals surface area contributed by atoms with Crippen molar-refractivity contribution < 1.29 is 23.1 Å². The van der Waals surface area contributed by atoms with E-state index in [-0.39, 0.29) is 24.4 Å². The molecule has 9 heteroatoms. The smallest absolute Gasteiger partial charge is 0.317 e. The predicted octanol–water partition coefficient (Wildman–Crippen LogP) is -0.830. The van der Waals surface area contributed by atoms with Gasteiger partial charge in [-0.3, -0.25) is 4.79 Å². The number of sulfonamides is 1. The Morgan fingerprint density at radius 3 is 2.58 bits per heavy atom. The van der Waals surface area contributed by atoms with Crippen molar-refractivity contribution >= 4 is 22.0 Å². The van der Waals surface area contributed by atoms with Gasteiger partial charge >= 0.3 is 12.0 Å². The molecule has 0 radical (unpaired) electrons. The number of piperidine rings is 1. The van der Waals surface area contributed by atoms with E-state index in [4.69, 9.17) is 10.2 Å². The van der Waals surface area contributed by atoms with Gasteiger partial charge in [0.05, 0.1) is 11.7 Å². The lowest BCUT2D eigenvalue weighted by molar-refractivity contribution is -0.143. The zero-order valence-electron chi connectivity index (χ0n) is 10.7. The molecule has 0 aromatic rings. The molecule has 1 aliphatic rings. The van der Waals surface area contributed by atoms with Crippen LogP contribution in [0.2, 0.25) is 0 Å². The molecule has 1 fully saturated rings. The average molecular weight is 293 g/mol. The van der Waals surface area contributed by atoms with Crippen LogP contribution in [0.15, 0.2) is 0 Å². The van der Waals surface area contributed by atoms with Crippen molar-refractivity contribution in [2.24, 2.45) is 11.1 Å². The number of nitrogens with one attached hydrogen (secondary N) is 1. The fourth-order valence-corrected chi connectivity index (χ4v) is 2.49. The minimum Gasteiger partial charge on any atom is -0.481 e. The summed E-state index contributed by atoms with van der Waals surface area (Å²) in [6, 6.07) is -0.579. The first-order valence-electron chi connectivity index (χ1n) is 5.98. The minimum atomic E-state index is -3.60. The normalized spacial score (nSPS) is 24.0. The highest BCUT2D eigenvalue weighted by molar-refractivity contribution is 7.89. The Balaban J connectivity index is 2.44. The van der Waals surface area contributed by atoms with Crippen LogP contribution in [-0.2, 0) is 14.8 Å². The quantitative estimate of drug-likeness (QED) is 0.623. The highest BCUT2D eigenvalue weighted by Crippen LogP contribution is 2.22. The number of hydrogen-bond acceptors (Lipinski definition) is 4. The maximum absolute atomic E-state index is 11.8. The number of urea groups is 1. The maximum Gasteiger partial charge on any atom is 0.317 e. The Bertz CT molecular complexity index is 450. The van der Waals surface area contributed by atoms with Crippen molar-refractivity contribution in [1.29, 1.82) is 0 Å². The number of nitrogens with zero attached hydrogens (tertiary/aromatic N) is 1. The first-order valence-corrected chi connectivity index (χ1v) is 7.70. The molecule has 2 atom stereocenters. The monoisotopic (exact) mass is 293 g/mol. The molecule has 0 aromatic carbocycles. The summed E-state index contributed by atoms with van der Waals surface area (Å²) in [7, 11) is -3.60. The lowest BCUT2D eigenvalue weighted by Crippen LogP contribution is -2.50. The SMILES string of the molecule is CC1CC(C(=O)O)CCN1C(=O)NCCS(N)(=O)=O. The van der Waals surface area contributed by atoms with Crippen LogP contribution < -0.4 is 10.5 Å². The Hall–Kier alpha value is -1.35. The van der Waals surface area contributed by atoms with E-state index >= 15 is 0 Å². The zero-order valence-corrected chi connectivity index (χ0v) is 11.5. The van der Waals surface area contributed by atoms with Crippen LogP contribution in [0.1, 0.15) is 19.8 Å². The molecule has 1 rings (SSSR count). The van der Waals surface area contributed by atoms with Gasteiger partial charge in [0.1, 0.15) is 0 Å². The van der Waals surface area contributed by atoms with Gasteiger partial charge in [0.25, 0.3) is 0 Å². The van der Waals surface area contributed by atoms with Crippen LogP contribution >= 0.6 is 0 Å². The maximum atomic E-state index is 11.8. The van der Waals surface area contributed by atoms with Gasteiger partial charge < -0.3 is 15.3 Å². The van der Waals surface area contributed by atoms with Crippen LogP contribution in [0.25, 0.3) is 0 Å². The number of amides is 2. The second kappa shape index (κ2) is 6.20. The van der Waals surface area contributed by atoms with Gasteiger partial charge in [-0.2, -0.15) is 0 Å². The summed E-state index contributed by atoms with van der Waals surface area (Å²) in [5.41, 5.74) is 0. The van der Waals surface area contributed by atoms with E-state index in [1.807, 2.05) is 0 Å². The first-order chi connectivity index (χ1) is 8.70. The summed E-state index contributed by atoms with van der Waals surface area (Å²) in [5, 5.41) is 16.2. The number of nitrogens with two attached hydrogens (primary N) is 1. The number of rotatable bonds is 4. The molecular formula is C10H19N3O5S. The predicted molar refractivity (Wildman–Crippen MR) is 67.9 cm³/mol. The van der Waals surface area contributed by atoms with E-state index in [0.717, 1.165) is 0 Å². The van der Waals surface area contributed by atoms with E-state index in [0.29, 0.717) is 19.4 Å². The van der Waals surface area contributed by atoms with Crippen molar-refractivity contribution in [3.8, 4) is 0 Å². The molecule has 0 aromatic heterocycles. The van der Waals surface area contributed by atoms with Crippen LogP contribution in [0.3, 0.4) is 0 Å². The van der Waals surface area contributed by atoms with Gasteiger partial charge in [-0.1, -0.05) is 0 Å². The van der Waals surface area contributed by atoms with E-state index in [9.17, 15) is 18.0 Å². The van der Waals surface area contributed by atoms with Crippen LogP contribution in [0.5, 0.6) is 0 Å². The van der Waals surface area contributed by atoms with Crippen LogP contribution in [0, 0.1) is 5.92 Å². The Kier molecular flexibility index (Phi) is 5.12. The fourth-order valence-electron chi connectivity index (χ4n) is 2.10. The summed E-state index contributed by atoms with van der Waals surface area (Å²) in [6.45, 7) is 2.07. The molecule has 19 heavy (non-hydrogen) atoms. The summed E-state index contributed by atoms with van der Waals surface area (Å²) >= 11 is 0. The van der Waals surface area contributed by atoms with Crippen molar-refractivity contribution in [2.75, 3.05) is 18.8 Å². The lowest BCUT2D eigenvalue weighted by Gasteiger charge is -2.36. The van der Waals surface area contributed by atoms with E-state index < -0.39 is 21.9 Å². The second-order valence-electron chi connectivity index (χ2n) is 4.70. The third kappa shape index (κ3) is 5.03. The van der Waals surface area contributed by atoms with E-state index in [2.05, 4.69) is 5.32 Å². The number of carboxylic acid groups (broad SMARTS) is 1. The molecule has 4 N–H and O–H groups in total. The number of aliphatic carboxylic acids is 1. The van der Waals surface area contributed by atoms with Crippen molar-refractivity contribution in [3.63, 3.8) is 0 Å². The average Bonchev–Trinajstić information content (AvgIpc) is 2.26. The van der Waals surface area contributed by atoms with Crippen molar-refractivity contribution in [2.45, 2.75) is 25.8 Å². The topological polar surface area (TPSA) is 130 Å². The molecule has 2 unspecified atom stereocenters. The molecule has 2 amide bonds. The number of carbonyl (C=O) groups is 2. The highest BCUT2D eigenvalue weighted by Gasteiger charge is 2.32. The van der Waals surface area contributed by atoms with E-state index in [1.165, 1.54) is 4.90 Å². The van der Waals surface area contributed by atoms with Crippen molar-refractivity contribution in [1.82, 2.24) is 10.2 Å². The number of hydrogen-bond donors (Lipinski definition) is 3. The minimum absolute atomic E-state index is 0.0523. The first kappa shape index (κ1) is 15.7. The zero-order chi connectivity index (χ0) is 14.6. The number of likely N-dealkylation sites (tertiary alicyclic amines) is 1. The Morgan fingerprint density at radius 1 is 1.47 bits per heavy atom. The molecule has 8 nitrogen and oxygen atoms in total. The Morgan fingerprint density at radius 2 is 2.11 bits per heavy atom. The molecule has 0 spiro atoms. The van der Waals surface area contributed by atoms with Crippen molar-refractivity contribution in [3.05, 3.63) is 0 Å². The summed E-state index contributed by atoms with van der Waals surface area (Å²) < 4.78 is 21.4. The third-order valence-electron chi connectivity index (χ3n) is 3.15. The van der Waals surface area contributed by atoms with E-state index in [1.54, 1.807) is 6.92 Å². The number of primary sulfonamides is 1. The summed E-state index contributed by atoms with van der Waals surface area (Å²) in [6.07, 6.45) is 0.806. The lowest BCUT2D eigenvalue weighted by atomic mass is 9.92. The molecule has 0 bridgehead atoms. The fraction of sp³-hybridized carbons (Fsp3) is 0.800. The third-order valence-corrected chi connectivity index (χ3v) is 3.92. The number of carboxylic acids is 1. The van der Waals surface area contributed by atoms with Gasteiger partial charge in [-0.05, 0) is 19.8 Å². The summed E-state index contributed by atoms with van der Waals surface area (Å²) in [4.78, 5) is 24.2. The van der Waals surface area contributed by atoms with Gasteiger partial charge in [-0.15, -0.1) is 0 Å².